The van der Waals surface area contributed by atoms with Crippen molar-refractivity contribution in [1.82, 2.24) is 0 Å². The molecule has 0 aliphatic heterocycles. The summed E-state index contributed by atoms with van der Waals surface area (Å²) in [6.07, 6.45) is 4.48. The van der Waals surface area contributed by atoms with E-state index < -0.39 is 0 Å². The van der Waals surface area contributed by atoms with E-state index in [1.807, 2.05) is 6.92 Å². The van der Waals surface area contributed by atoms with Crippen molar-refractivity contribution in [3.63, 3.8) is 0 Å². The van der Waals surface area contributed by atoms with Crippen molar-refractivity contribution in [3.8, 4) is 0 Å². The van der Waals surface area contributed by atoms with Crippen molar-refractivity contribution in [3.05, 3.63) is 0 Å². The van der Waals surface area contributed by atoms with Crippen LogP contribution in [0.2, 0.25) is 0 Å². The number of unbranched alkanes of at least 4 members (excludes halogenated alkanes) is 1. The minimum Gasteiger partial charge on any atom is -0.381 e. The number of carbonyl (C=O) groups excluding carboxylic acids is 1. The first kappa shape index (κ1) is 11.6. The summed E-state index contributed by atoms with van der Waals surface area (Å²) in [5.74, 6) is 0.366. The maximum atomic E-state index is 10.9. The third-order valence-electron chi connectivity index (χ3n) is 1.74. The summed E-state index contributed by atoms with van der Waals surface area (Å²) in [6.45, 7) is 5.67. The lowest BCUT2D eigenvalue weighted by Crippen LogP contribution is -1.98. The fraction of sp³-hybridized carbons (Fsp3) is 0.900. The standard InChI is InChI=1S/C10H20O2/c1-3-8-12-9-6-5-7-10(11)4-2/h3-9H2,1-2H3. The molecule has 0 heterocycles. The molecule has 0 amide bonds. The lowest BCUT2D eigenvalue weighted by Gasteiger charge is -2.01. The van der Waals surface area contributed by atoms with Crippen molar-refractivity contribution < 1.29 is 9.53 Å². The highest BCUT2D eigenvalue weighted by Crippen LogP contribution is 1.99. The Kier molecular flexibility index (Phi) is 8.46. The van der Waals surface area contributed by atoms with E-state index in [2.05, 4.69) is 6.92 Å². The Bertz CT molecular complexity index is 110. The van der Waals surface area contributed by atoms with Crippen LogP contribution in [0.5, 0.6) is 0 Å². The summed E-state index contributed by atoms with van der Waals surface area (Å²) in [7, 11) is 0. The second-order valence-electron chi connectivity index (χ2n) is 2.96. The van der Waals surface area contributed by atoms with Crippen molar-refractivity contribution in [2.75, 3.05) is 13.2 Å². The molecule has 0 aliphatic rings. The summed E-state index contributed by atoms with van der Waals surface area (Å²) >= 11 is 0. The van der Waals surface area contributed by atoms with Crippen molar-refractivity contribution >= 4 is 5.78 Å². The monoisotopic (exact) mass is 172 g/mol. The van der Waals surface area contributed by atoms with E-state index in [0.717, 1.165) is 38.9 Å². The second kappa shape index (κ2) is 8.72. The fourth-order valence-corrected chi connectivity index (χ4v) is 0.949. The second-order valence-corrected chi connectivity index (χ2v) is 2.96. The van der Waals surface area contributed by atoms with Crippen LogP contribution >= 0.6 is 0 Å². The Morgan fingerprint density at radius 1 is 1.17 bits per heavy atom. The van der Waals surface area contributed by atoms with Crippen molar-refractivity contribution in [2.24, 2.45) is 0 Å². The van der Waals surface area contributed by atoms with Crippen LogP contribution in [-0.4, -0.2) is 19.0 Å². The molecule has 12 heavy (non-hydrogen) atoms. The molecule has 0 N–H and O–H groups in total. The third-order valence-corrected chi connectivity index (χ3v) is 1.74. The number of ketones is 1. The lowest BCUT2D eigenvalue weighted by atomic mass is 10.1. The largest absolute Gasteiger partial charge is 0.381 e. The molecule has 0 atom stereocenters. The van der Waals surface area contributed by atoms with Crippen LogP contribution in [0, 0.1) is 0 Å². The fourth-order valence-electron chi connectivity index (χ4n) is 0.949. The highest BCUT2D eigenvalue weighted by Gasteiger charge is 1.96. The number of carbonyl (C=O) groups is 1. The predicted octanol–water partition coefficient (Wildman–Crippen LogP) is 2.56. The summed E-state index contributed by atoms with van der Waals surface area (Å²) in [5, 5.41) is 0. The maximum Gasteiger partial charge on any atom is 0.132 e. The predicted molar refractivity (Wildman–Crippen MR) is 50.3 cm³/mol. The zero-order valence-electron chi connectivity index (χ0n) is 8.27. The van der Waals surface area contributed by atoms with Gasteiger partial charge in [0.1, 0.15) is 5.78 Å². The van der Waals surface area contributed by atoms with E-state index in [4.69, 9.17) is 4.74 Å². The number of ether oxygens (including phenoxy) is 1. The van der Waals surface area contributed by atoms with Crippen LogP contribution in [-0.2, 0) is 9.53 Å². The molecule has 0 bridgehead atoms. The van der Waals surface area contributed by atoms with E-state index in [-0.39, 0.29) is 0 Å². The van der Waals surface area contributed by atoms with Gasteiger partial charge in [-0.05, 0) is 19.3 Å². The molecule has 72 valence electrons. The molecule has 0 aliphatic carbocycles. The summed E-state index contributed by atoms with van der Waals surface area (Å²) in [4.78, 5) is 10.9. The average molecular weight is 172 g/mol. The summed E-state index contributed by atoms with van der Waals surface area (Å²) in [5.41, 5.74) is 0. The Balaban J connectivity index is 2.95. The van der Waals surface area contributed by atoms with Gasteiger partial charge in [-0.1, -0.05) is 13.8 Å². The molecule has 0 aromatic carbocycles. The van der Waals surface area contributed by atoms with Crippen LogP contribution in [0.1, 0.15) is 46.0 Å². The van der Waals surface area contributed by atoms with Crippen LogP contribution < -0.4 is 0 Å². The van der Waals surface area contributed by atoms with E-state index in [0.29, 0.717) is 12.2 Å². The van der Waals surface area contributed by atoms with E-state index >= 15 is 0 Å². The SMILES string of the molecule is CCCOCCCCC(=O)CC. The van der Waals surface area contributed by atoms with E-state index in [9.17, 15) is 4.79 Å². The first-order chi connectivity index (χ1) is 5.81. The number of hydrogen-bond donors (Lipinski definition) is 0. The third kappa shape index (κ3) is 7.73. The minimum atomic E-state index is 0.366. The molecule has 0 rings (SSSR count). The zero-order chi connectivity index (χ0) is 9.23. The van der Waals surface area contributed by atoms with Gasteiger partial charge in [-0.2, -0.15) is 0 Å². The molecule has 0 saturated carbocycles. The zero-order valence-corrected chi connectivity index (χ0v) is 8.27. The van der Waals surface area contributed by atoms with Crippen LogP contribution in [0.3, 0.4) is 0 Å². The lowest BCUT2D eigenvalue weighted by molar-refractivity contribution is -0.118. The topological polar surface area (TPSA) is 26.3 Å². The maximum absolute atomic E-state index is 10.9. The average Bonchev–Trinajstić information content (AvgIpc) is 2.10. The molecule has 2 nitrogen and oxygen atoms in total. The Morgan fingerprint density at radius 2 is 1.92 bits per heavy atom. The van der Waals surface area contributed by atoms with Gasteiger partial charge in [0.25, 0.3) is 0 Å². The smallest absolute Gasteiger partial charge is 0.132 e. The van der Waals surface area contributed by atoms with Gasteiger partial charge < -0.3 is 4.74 Å². The van der Waals surface area contributed by atoms with Gasteiger partial charge in [0.15, 0.2) is 0 Å². The van der Waals surface area contributed by atoms with Crippen LogP contribution in [0.25, 0.3) is 0 Å². The Hall–Kier alpha value is -0.370. The van der Waals surface area contributed by atoms with Gasteiger partial charge in [0, 0.05) is 26.1 Å². The molecule has 0 radical (unpaired) electrons. The van der Waals surface area contributed by atoms with Crippen molar-refractivity contribution in [1.29, 1.82) is 0 Å². The number of Topliss-reactive ketones (excluding diaryl/α,β-unsaturated/α-hetero) is 1. The molecule has 0 aromatic rings. The quantitative estimate of drug-likeness (QED) is 0.526. The first-order valence-electron chi connectivity index (χ1n) is 4.90. The Labute approximate surface area is 75.3 Å². The van der Waals surface area contributed by atoms with Gasteiger partial charge in [0.2, 0.25) is 0 Å². The van der Waals surface area contributed by atoms with E-state index in [1.165, 1.54) is 0 Å². The molecule has 2 heteroatoms. The summed E-state index contributed by atoms with van der Waals surface area (Å²) < 4.78 is 5.29. The number of rotatable bonds is 8. The molecule has 0 fully saturated rings. The highest BCUT2D eigenvalue weighted by molar-refractivity contribution is 5.77. The molecular weight excluding hydrogens is 152 g/mol. The highest BCUT2D eigenvalue weighted by atomic mass is 16.5. The molecular formula is C10H20O2. The van der Waals surface area contributed by atoms with Gasteiger partial charge in [-0.15, -0.1) is 0 Å². The van der Waals surface area contributed by atoms with Gasteiger partial charge in [-0.25, -0.2) is 0 Å². The van der Waals surface area contributed by atoms with Gasteiger partial charge in [0.05, 0.1) is 0 Å². The van der Waals surface area contributed by atoms with Crippen molar-refractivity contribution in [2.45, 2.75) is 46.0 Å². The van der Waals surface area contributed by atoms with Gasteiger partial charge >= 0.3 is 0 Å². The van der Waals surface area contributed by atoms with Crippen LogP contribution in [0.15, 0.2) is 0 Å². The first-order valence-corrected chi connectivity index (χ1v) is 4.90. The van der Waals surface area contributed by atoms with Crippen LogP contribution in [0.4, 0.5) is 0 Å². The number of hydrogen-bond acceptors (Lipinski definition) is 2. The minimum absolute atomic E-state index is 0.366. The molecule has 0 saturated heterocycles. The molecule has 0 unspecified atom stereocenters. The van der Waals surface area contributed by atoms with Gasteiger partial charge in [-0.3, -0.25) is 4.79 Å². The normalized spacial score (nSPS) is 10.2. The summed E-state index contributed by atoms with van der Waals surface area (Å²) in [6, 6.07) is 0. The van der Waals surface area contributed by atoms with E-state index in [1.54, 1.807) is 0 Å². The Morgan fingerprint density at radius 3 is 2.50 bits per heavy atom. The molecule has 0 aromatic heterocycles. The molecule has 0 spiro atoms.